The van der Waals surface area contributed by atoms with E-state index in [0.29, 0.717) is 45.1 Å². The summed E-state index contributed by atoms with van der Waals surface area (Å²) in [5.41, 5.74) is 11.4. The maximum absolute atomic E-state index is 14.3. The molecule has 0 fully saturated rings. The zero-order chi connectivity index (χ0) is 58.7. The molecular formula is C54H99N11O11. The minimum absolute atomic E-state index is 0.0597. The number of unbranched alkanes of at least 4 members (excludes halogenated alkanes) is 1. The van der Waals surface area contributed by atoms with Crippen LogP contribution in [0.5, 0.6) is 0 Å². The van der Waals surface area contributed by atoms with Crippen LogP contribution in [0.1, 0.15) is 162 Å². The first-order valence-electron chi connectivity index (χ1n) is 27.4. The number of ketones is 1. The van der Waals surface area contributed by atoms with Gasteiger partial charge in [0.05, 0.1) is 6.04 Å². The van der Waals surface area contributed by atoms with Crippen LogP contribution in [0.3, 0.4) is 0 Å². The summed E-state index contributed by atoms with van der Waals surface area (Å²) >= 11 is 0. The molecule has 0 radical (unpaired) electrons. The Bertz CT molecular complexity index is 1940. The van der Waals surface area contributed by atoms with Gasteiger partial charge in [0.15, 0.2) is 5.78 Å². The van der Waals surface area contributed by atoms with Gasteiger partial charge in [-0.2, -0.15) is 0 Å². The highest BCUT2D eigenvalue weighted by Gasteiger charge is 2.38. The Morgan fingerprint density at radius 2 is 0.803 bits per heavy atom. The van der Waals surface area contributed by atoms with E-state index in [1.807, 2.05) is 27.7 Å². The molecule has 0 spiro atoms. The Morgan fingerprint density at radius 3 is 1.17 bits per heavy atom. The number of carbonyl (C=O) groups excluding carboxylic acids is 10. The molecule has 76 heavy (non-hydrogen) atoms. The van der Waals surface area contributed by atoms with Gasteiger partial charge in [-0.05, 0) is 107 Å². The molecular weight excluding hydrogens is 979 g/mol. The van der Waals surface area contributed by atoms with Crippen molar-refractivity contribution in [1.29, 1.82) is 0 Å². The van der Waals surface area contributed by atoms with Crippen LogP contribution >= 0.6 is 0 Å². The zero-order valence-corrected chi connectivity index (χ0v) is 48.6. The number of nitrogens with two attached hydrogens (primary N) is 2. The number of nitrogens with one attached hydrogen (secondary N) is 9. The van der Waals surface area contributed by atoms with Gasteiger partial charge in [0.25, 0.3) is 11.8 Å². The third kappa shape index (κ3) is 24.2. The lowest BCUT2D eigenvalue weighted by Crippen LogP contribution is -2.62. The molecule has 0 heterocycles. The van der Waals surface area contributed by atoms with Gasteiger partial charge in [-0.3, -0.25) is 47.9 Å². The first-order chi connectivity index (χ1) is 35.4. The maximum atomic E-state index is 14.3. The summed E-state index contributed by atoms with van der Waals surface area (Å²) in [5.74, 6) is -9.26. The Hall–Kier alpha value is -5.48. The second-order valence-corrected chi connectivity index (χ2v) is 21.9. The molecule has 22 nitrogen and oxygen atoms in total. The zero-order valence-electron chi connectivity index (χ0n) is 48.6. The second kappa shape index (κ2) is 35.8. The largest absolute Gasteiger partial charge is 0.383 e. The van der Waals surface area contributed by atoms with E-state index < -0.39 is 137 Å². The highest BCUT2D eigenvalue weighted by atomic mass is 16.3. The lowest BCUT2D eigenvalue weighted by molar-refractivity contribution is -0.137. The molecule has 22 heteroatoms. The minimum atomic E-state index is -1.37. The fourth-order valence-electron chi connectivity index (χ4n) is 7.94. The van der Waals surface area contributed by atoms with Gasteiger partial charge < -0.3 is 64.4 Å². The summed E-state index contributed by atoms with van der Waals surface area (Å²) in [6, 6.07) is -8.98. The molecule has 0 aromatic rings. The van der Waals surface area contributed by atoms with Crippen molar-refractivity contribution in [1.82, 2.24) is 47.9 Å². The second-order valence-electron chi connectivity index (χ2n) is 21.9. The van der Waals surface area contributed by atoms with Crippen LogP contribution in [-0.2, 0) is 47.9 Å². The van der Waals surface area contributed by atoms with Crippen LogP contribution in [-0.4, -0.2) is 132 Å². The molecule has 0 aliphatic rings. The van der Waals surface area contributed by atoms with E-state index in [9.17, 15) is 53.1 Å². The van der Waals surface area contributed by atoms with Gasteiger partial charge in [-0.1, -0.05) is 116 Å². The molecule has 3 unspecified atom stereocenters. The topological polar surface area (TPSA) is 351 Å². The van der Waals surface area contributed by atoms with Crippen molar-refractivity contribution in [2.45, 2.75) is 217 Å². The first kappa shape index (κ1) is 70.5. The van der Waals surface area contributed by atoms with Crippen molar-refractivity contribution >= 4 is 58.9 Å². The number of hydrogen-bond donors (Lipinski definition) is 12. The first-order valence-corrected chi connectivity index (χ1v) is 27.4. The normalized spacial score (nSPS) is 16.2. The number of allylic oxidation sites excluding steroid dienone is 1. The van der Waals surface area contributed by atoms with Gasteiger partial charge in [-0.25, -0.2) is 0 Å². The Labute approximate surface area is 452 Å². The van der Waals surface area contributed by atoms with Crippen molar-refractivity contribution in [3.8, 4) is 0 Å². The molecule has 0 bridgehead atoms. The minimum Gasteiger partial charge on any atom is -0.383 e. The molecule has 0 aromatic carbocycles. The summed E-state index contributed by atoms with van der Waals surface area (Å²) < 4.78 is 0. The smallest absolute Gasteiger partial charge is 0.268 e. The molecule has 14 N–H and O–H groups in total. The van der Waals surface area contributed by atoms with Gasteiger partial charge in [0.1, 0.15) is 54.1 Å². The SMILES string of the molecule is CC=C(NC(=O)[C@@H](O)[C@@H](C)CC)C(=O)NC(C(=O)N[C@H](CCCN)C(=O)N[C@H](C(=O)N[C@H](C(=O)N[C@H](C(=O)NC(CCCCN)C(=O)N[C@H](C(=O)NC(CC(C)C)C(C)=O)C(C)C)C(C)C)C(C)C)[C@@H](C)CC)C(C)C. The fourth-order valence-corrected chi connectivity index (χ4v) is 7.94. The highest BCUT2D eigenvalue weighted by molar-refractivity contribution is 6.01. The van der Waals surface area contributed by atoms with Crippen LogP contribution in [0.15, 0.2) is 11.8 Å². The molecule has 0 aliphatic carbocycles. The Kier molecular flexibility index (Phi) is 33.2. The van der Waals surface area contributed by atoms with Gasteiger partial charge in [-0.15, -0.1) is 0 Å². The van der Waals surface area contributed by atoms with Gasteiger partial charge >= 0.3 is 0 Å². The summed E-state index contributed by atoms with van der Waals surface area (Å²) in [6.45, 7) is 27.9. The molecule has 11 atom stereocenters. The monoisotopic (exact) mass is 1080 g/mol. The number of amides is 9. The van der Waals surface area contributed by atoms with E-state index in [-0.39, 0.29) is 42.7 Å². The van der Waals surface area contributed by atoms with E-state index >= 15 is 0 Å². The van der Waals surface area contributed by atoms with E-state index in [1.165, 1.54) is 19.9 Å². The quantitative estimate of drug-likeness (QED) is 0.0313. The summed E-state index contributed by atoms with van der Waals surface area (Å²) in [6.07, 6.45) is 2.79. The van der Waals surface area contributed by atoms with E-state index in [4.69, 9.17) is 11.5 Å². The molecule has 9 amide bonds. The number of carbonyl (C=O) groups is 10. The van der Waals surface area contributed by atoms with Crippen molar-refractivity contribution in [2.24, 2.45) is 52.9 Å². The van der Waals surface area contributed by atoms with Gasteiger partial charge in [0, 0.05) is 0 Å². The van der Waals surface area contributed by atoms with Crippen molar-refractivity contribution in [3.05, 3.63) is 11.8 Å². The third-order valence-corrected chi connectivity index (χ3v) is 13.4. The van der Waals surface area contributed by atoms with E-state index in [0.717, 1.165) is 0 Å². The number of hydrogen-bond acceptors (Lipinski definition) is 13. The van der Waals surface area contributed by atoms with Crippen molar-refractivity contribution in [3.63, 3.8) is 0 Å². The van der Waals surface area contributed by atoms with E-state index in [1.54, 1.807) is 69.2 Å². The maximum Gasteiger partial charge on any atom is 0.268 e. The number of rotatable bonds is 36. The standard InChI is InChI=1S/C54H99N11O11/c1-17-33(14)44(65-48(70)38(24-22-26-56)59-49(71)40(29(6)7)61-46(68)36(19-3)57-54(76)45(67)34(15)18-2)53(75)64-43(32(12)13)52(74)63-42(31(10)11)50(72)58-37(23-20-21-25-55)47(69)62-41(30(8)9)51(73)60-39(35(16)66)27-28(4)5/h19,28-34,37-45,67H,17-18,20-27,55-56H2,1-16H3,(H,57,76)(H,58,72)(H,59,71)(H,60,73)(H,61,68)(H,62,69)(H,63,74)(H,64,75)(H,65,70)/t33-,34-,37?,38+,39?,40?,41-,42-,43-,44-,45-/m0/s1. The summed E-state index contributed by atoms with van der Waals surface area (Å²) in [5, 5.41) is 34.7. The average molecular weight is 1080 g/mol. The predicted molar refractivity (Wildman–Crippen MR) is 293 cm³/mol. The Balaban J connectivity index is 6.55. The van der Waals surface area contributed by atoms with Gasteiger partial charge in [0.2, 0.25) is 41.4 Å². The number of Topliss-reactive ketones (excluding diaryl/α,β-unsaturated/α-hetero) is 1. The molecule has 0 aliphatic heterocycles. The molecule has 0 aromatic heterocycles. The van der Waals surface area contributed by atoms with Crippen LogP contribution in [0, 0.1) is 41.4 Å². The average Bonchev–Trinajstić information content (AvgIpc) is 3.35. The van der Waals surface area contributed by atoms with Crippen LogP contribution in [0.4, 0.5) is 0 Å². The molecule has 0 rings (SSSR count). The lowest BCUT2D eigenvalue weighted by atomic mass is 9.95. The third-order valence-electron chi connectivity index (χ3n) is 13.4. The molecule has 436 valence electrons. The Morgan fingerprint density at radius 1 is 0.447 bits per heavy atom. The lowest BCUT2D eigenvalue weighted by Gasteiger charge is -2.31. The number of aliphatic hydroxyl groups excluding tert-OH is 1. The highest BCUT2D eigenvalue weighted by Crippen LogP contribution is 2.16. The van der Waals surface area contributed by atoms with Crippen LogP contribution < -0.4 is 59.3 Å². The predicted octanol–water partition coefficient (Wildman–Crippen LogP) is 1.46. The van der Waals surface area contributed by atoms with Crippen molar-refractivity contribution in [2.75, 3.05) is 13.1 Å². The molecule has 0 saturated carbocycles. The summed E-state index contributed by atoms with van der Waals surface area (Å²) in [4.78, 5) is 137. The van der Waals surface area contributed by atoms with Crippen molar-refractivity contribution < 1.29 is 53.1 Å². The summed E-state index contributed by atoms with van der Waals surface area (Å²) in [7, 11) is 0. The molecule has 0 saturated heterocycles. The van der Waals surface area contributed by atoms with Crippen LogP contribution in [0.25, 0.3) is 0 Å². The van der Waals surface area contributed by atoms with Crippen LogP contribution in [0.2, 0.25) is 0 Å². The number of aliphatic hydroxyl groups is 1. The fraction of sp³-hybridized carbons (Fsp3) is 0.778. The van der Waals surface area contributed by atoms with E-state index in [2.05, 4.69) is 47.9 Å².